The number of carbonyl (C=O) groups excluding carboxylic acids is 1. The van der Waals surface area contributed by atoms with E-state index in [1.165, 1.54) is 0 Å². The van der Waals surface area contributed by atoms with Crippen molar-refractivity contribution in [3.8, 4) is 5.75 Å². The van der Waals surface area contributed by atoms with Crippen molar-refractivity contribution in [2.45, 2.75) is 51.7 Å². The van der Waals surface area contributed by atoms with E-state index in [0.29, 0.717) is 5.75 Å². The van der Waals surface area contributed by atoms with Crippen molar-refractivity contribution in [1.82, 2.24) is 5.43 Å². The summed E-state index contributed by atoms with van der Waals surface area (Å²) in [6.45, 7) is 5.36. The van der Waals surface area contributed by atoms with E-state index in [0.717, 1.165) is 30.4 Å². The third-order valence-electron chi connectivity index (χ3n) is 3.44. The van der Waals surface area contributed by atoms with Gasteiger partial charge >= 0.3 is 11.1 Å². The fourth-order valence-electron chi connectivity index (χ4n) is 2.66. The first-order valence-electron chi connectivity index (χ1n) is 7.47. The van der Waals surface area contributed by atoms with Crippen LogP contribution in [0.4, 0.5) is 0 Å². The van der Waals surface area contributed by atoms with E-state index >= 15 is 0 Å². The molecule has 1 aliphatic carbocycles. The summed E-state index contributed by atoms with van der Waals surface area (Å²) < 4.78 is 10.9. The molecule has 1 unspecified atom stereocenters. The fourth-order valence-corrected chi connectivity index (χ4v) is 2.66. The second kappa shape index (κ2) is 6.65. The predicted octanol–water partition coefficient (Wildman–Crippen LogP) is 3.14. The van der Waals surface area contributed by atoms with Crippen LogP contribution in [0.15, 0.2) is 18.2 Å². The van der Waals surface area contributed by atoms with Crippen LogP contribution in [0.25, 0.3) is 5.08 Å². The monoisotopic (exact) mass is 304 g/mol. The first kappa shape index (κ1) is 16.1. The molecular formula is C16H22N3O3+. The summed E-state index contributed by atoms with van der Waals surface area (Å²) in [4.78, 5) is 11.8. The summed E-state index contributed by atoms with van der Waals surface area (Å²) in [7, 11) is 0. The van der Waals surface area contributed by atoms with Gasteiger partial charge in [-0.05, 0) is 62.7 Å². The molecule has 0 aromatic heterocycles. The van der Waals surface area contributed by atoms with Crippen molar-refractivity contribution in [1.29, 1.82) is 5.39 Å². The third kappa shape index (κ3) is 4.10. The number of rotatable bonds is 4. The molecule has 6 heteroatoms. The Labute approximate surface area is 130 Å². The number of ether oxygens (including phenoxy) is 2. The molecule has 22 heavy (non-hydrogen) atoms. The molecule has 0 spiro atoms. The van der Waals surface area contributed by atoms with Crippen molar-refractivity contribution in [3.63, 3.8) is 0 Å². The topological polar surface area (TPSA) is 75.7 Å². The van der Waals surface area contributed by atoms with Gasteiger partial charge in [0, 0.05) is 0 Å². The highest BCUT2D eigenvalue weighted by atomic mass is 16.6. The van der Waals surface area contributed by atoms with Crippen LogP contribution < -0.4 is 10.2 Å². The summed E-state index contributed by atoms with van der Waals surface area (Å²) in [5.41, 5.74) is 4.28. The lowest BCUT2D eigenvalue weighted by molar-refractivity contribution is -0.157. The summed E-state index contributed by atoms with van der Waals surface area (Å²) in [5, 5.41) is 11.8. The lowest BCUT2D eigenvalue weighted by Crippen LogP contribution is -2.27. The minimum atomic E-state index is -0.520. The lowest BCUT2D eigenvalue weighted by Gasteiger charge is -2.23. The number of nitrogens with zero attached hydrogens (tertiary/aromatic N) is 2. The van der Waals surface area contributed by atoms with E-state index < -0.39 is 5.60 Å². The zero-order valence-corrected chi connectivity index (χ0v) is 13.3. The Kier molecular flexibility index (Phi) is 4.86. The number of nitrogens with one attached hydrogen (secondary N) is 1. The molecule has 0 aliphatic heterocycles. The summed E-state index contributed by atoms with van der Waals surface area (Å²) in [6, 6.07) is 5.68. The smallest absolute Gasteiger partial charge is 0.344 e. The minimum Gasteiger partial charge on any atom is -0.482 e. The van der Waals surface area contributed by atoms with E-state index in [2.05, 4.69) is 10.5 Å². The van der Waals surface area contributed by atoms with Crippen molar-refractivity contribution >= 4 is 5.97 Å². The lowest BCUT2D eigenvalue weighted by atomic mass is 9.87. The van der Waals surface area contributed by atoms with Crippen LogP contribution in [0.1, 0.15) is 50.8 Å². The highest BCUT2D eigenvalue weighted by Gasteiger charge is 2.26. The van der Waals surface area contributed by atoms with Gasteiger partial charge in [0.15, 0.2) is 6.61 Å². The van der Waals surface area contributed by atoms with Gasteiger partial charge in [-0.3, -0.25) is 0 Å². The highest BCUT2D eigenvalue weighted by molar-refractivity contribution is 5.71. The Bertz CT molecular complexity index is 587. The van der Waals surface area contributed by atoms with Crippen molar-refractivity contribution in [2.75, 3.05) is 6.61 Å². The first-order valence-corrected chi connectivity index (χ1v) is 7.47. The quantitative estimate of drug-likeness (QED) is 0.525. The SMILES string of the molecule is CC(C)(C)OC(=O)COc1cccc2c1CCCC2N[N+]#N. The van der Waals surface area contributed by atoms with Gasteiger partial charge in [0.05, 0.1) is 0 Å². The Balaban J connectivity index is 2.08. The molecule has 6 nitrogen and oxygen atoms in total. The van der Waals surface area contributed by atoms with Crippen LogP contribution in [-0.4, -0.2) is 18.2 Å². The van der Waals surface area contributed by atoms with Crippen LogP contribution in [-0.2, 0) is 16.0 Å². The van der Waals surface area contributed by atoms with Gasteiger partial charge in [0.25, 0.3) is 5.39 Å². The second-order valence-electron chi connectivity index (χ2n) is 6.37. The van der Waals surface area contributed by atoms with Crippen LogP contribution in [0, 0.1) is 5.39 Å². The van der Waals surface area contributed by atoms with Gasteiger partial charge in [-0.25, -0.2) is 4.79 Å². The molecule has 0 heterocycles. The normalized spacial score (nSPS) is 17.1. The Morgan fingerprint density at radius 2 is 2.23 bits per heavy atom. The van der Waals surface area contributed by atoms with Gasteiger partial charge < -0.3 is 9.47 Å². The van der Waals surface area contributed by atoms with Crippen molar-refractivity contribution in [2.24, 2.45) is 0 Å². The Morgan fingerprint density at radius 3 is 2.91 bits per heavy atom. The van der Waals surface area contributed by atoms with Gasteiger partial charge in [-0.2, -0.15) is 0 Å². The summed E-state index contributed by atoms with van der Waals surface area (Å²) in [5.74, 6) is 0.300. The molecule has 2 rings (SSSR count). The average Bonchev–Trinajstić information content (AvgIpc) is 2.44. The van der Waals surface area contributed by atoms with E-state index in [-0.39, 0.29) is 18.6 Å². The first-order chi connectivity index (χ1) is 10.4. The molecule has 1 atom stereocenters. The number of esters is 1. The maximum Gasteiger partial charge on any atom is 0.344 e. The molecule has 0 amide bonds. The van der Waals surface area contributed by atoms with Crippen LogP contribution in [0.3, 0.4) is 0 Å². The molecule has 1 aromatic carbocycles. The third-order valence-corrected chi connectivity index (χ3v) is 3.44. The van der Waals surface area contributed by atoms with Gasteiger partial charge in [-0.15, -0.1) is 0 Å². The molecule has 1 N–H and O–H groups in total. The number of hydrogen-bond donors (Lipinski definition) is 1. The summed E-state index contributed by atoms with van der Waals surface area (Å²) in [6.07, 6.45) is 2.74. The van der Waals surface area contributed by atoms with E-state index in [4.69, 9.17) is 14.9 Å². The number of benzene rings is 1. The van der Waals surface area contributed by atoms with Gasteiger partial charge in [0.1, 0.15) is 17.4 Å². The molecule has 1 aliphatic rings. The van der Waals surface area contributed by atoms with Crippen LogP contribution in [0.5, 0.6) is 5.75 Å². The van der Waals surface area contributed by atoms with E-state index in [1.54, 1.807) is 0 Å². The molecule has 0 bridgehead atoms. The zero-order chi connectivity index (χ0) is 16.2. The average molecular weight is 304 g/mol. The van der Waals surface area contributed by atoms with Crippen molar-refractivity contribution < 1.29 is 14.3 Å². The molecule has 118 valence electrons. The summed E-state index contributed by atoms with van der Waals surface area (Å²) >= 11 is 0. The molecular weight excluding hydrogens is 282 g/mol. The largest absolute Gasteiger partial charge is 0.482 e. The molecule has 0 saturated heterocycles. The Hall–Kier alpha value is -2.29. The number of fused-ring (bicyclic) bond motifs is 1. The molecule has 0 saturated carbocycles. The van der Waals surface area contributed by atoms with Crippen molar-refractivity contribution in [3.05, 3.63) is 34.4 Å². The molecule has 0 radical (unpaired) electrons. The number of diazo groups is 1. The van der Waals surface area contributed by atoms with Gasteiger partial charge in [0.2, 0.25) is 0 Å². The number of carbonyl (C=O) groups is 1. The fraction of sp³-hybridized carbons (Fsp3) is 0.562. The van der Waals surface area contributed by atoms with Crippen LogP contribution in [0.2, 0.25) is 0 Å². The minimum absolute atomic E-state index is 0.0289. The molecule has 0 fully saturated rings. The predicted molar refractivity (Wildman–Crippen MR) is 81.7 cm³/mol. The van der Waals surface area contributed by atoms with Crippen LogP contribution >= 0.6 is 0 Å². The van der Waals surface area contributed by atoms with Gasteiger partial charge in [-0.1, -0.05) is 12.1 Å². The van der Waals surface area contributed by atoms with E-state index in [1.807, 2.05) is 39.0 Å². The second-order valence-corrected chi connectivity index (χ2v) is 6.37. The number of hydrogen-bond acceptors (Lipinski definition) is 5. The maximum atomic E-state index is 11.8. The maximum absolute atomic E-state index is 11.8. The van der Waals surface area contributed by atoms with E-state index in [9.17, 15) is 4.79 Å². The zero-order valence-electron chi connectivity index (χ0n) is 13.3. The standard InChI is InChI=1S/C16H22N3O3/c1-16(2,3)22-15(20)10-21-14-9-5-6-11-12(14)7-4-8-13(11)18-19-17/h5-6,9,13,18H,4,7-8,10H2,1-3H3/q+1. The molecule has 1 aromatic rings. The Morgan fingerprint density at radius 1 is 1.45 bits per heavy atom. The highest BCUT2D eigenvalue weighted by Crippen LogP contribution is 2.35.